The van der Waals surface area contributed by atoms with Gasteiger partial charge in [0.2, 0.25) is 0 Å². The molecule has 0 spiro atoms. The fraction of sp³-hybridized carbons (Fsp3) is 0.379. The average molecular weight is 467 g/mol. The highest BCUT2D eigenvalue weighted by molar-refractivity contribution is 5.49. The van der Waals surface area contributed by atoms with Crippen molar-refractivity contribution in [3.8, 4) is 11.8 Å². The topological polar surface area (TPSA) is 29.5 Å². The molecule has 0 heterocycles. The van der Waals surface area contributed by atoms with Gasteiger partial charge in [-0.3, -0.25) is 0 Å². The molecule has 0 saturated heterocycles. The molecule has 2 nitrogen and oxygen atoms in total. The maximum absolute atomic E-state index is 14.7. The summed E-state index contributed by atoms with van der Waals surface area (Å²) in [6, 6.07) is 8.31. The summed E-state index contributed by atoms with van der Waals surface area (Å²) >= 11 is 0. The Hall–Kier alpha value is -2.81. The molecule has 1 unspecified atom stereocenters. The number of benzene rings is 2. The zero-order chi connectivity index (χ0) is 24.1. The van der Waals surface area contributed by atoms with E-state index in [9.17, 15) is 18.3 Å². The maximum Gasteiger partial charge on any atom is 0.174 e. The van der Waals surface area contributed by atoms with Crippen molar-refractivity contribution >= 4 is 0 Å². The Morgan fingerprint density at radius 1 is 0.971 bits per heavy atom. The second kappa shape index (κ2) is 11.1. The first-order chi connectivity index (χ1) is 16.5. The second-order valence-corrected chi connectivity index (χ2v) is 8.94. The van der Waals surface area contributed by atoms with Gasteiger partial charge in [-0.2, -0.15) is 0 Å². The van der Waals surface area contributed by atoms with Crippen molar-refractivity contribution in [3.05, 3.63) is 93.8 Å². The van der Waals surface area contributed by atoms with Crippen LogP contribution in [0.1, 0.15) is 73.1 Å². The van der Waals surface area contributed by atoms with Gasteiger partial charge in [0.05, 0.1) is 18.3 Å². The Morgan fingerprint density at radius 3 is 2.41 bits per heavy atom. The van der Waals surface area contributed by atoms with Gasteiger partial charge in [0.25, 0.3) is 0 Å². The van der Waals surface area contributed by atoms with Gasteiger partial charge in [-0.15, -0.1) is 0 Å². The Kier molecular flexibility index (Phi) is 7.92. The highest BCUT2D eigenvalue weighted by atomic mass is 19.2. The van der Waals surface area contributed by atoms with Gasteiger partial charge in [0, 0.05) is 18.1 Å². The Bertz CT molecular complexity index is 1150. The van der Waals surface area contributed by atoms with E-state index in [1.807, 2.05) is 25.1 Å². The van der Waals surface area contributed by atoms with E-state index >= 15 is 0 Å². The Labute approximate surface area is 199 Å². The highest BCUT2D eigenvalue weighted by Crippen LogP contribution is 2.35. The summed E-state index contributed by atoms with van der Waals surface area (Å²) in [7, 11) is 0. The minimum Gasteiger partial charge on any atom is -0.393 e. The van der Waals surface area contributed by atoms with Crippen molar-refractivity contribution in [2.24, 2.45) is 0 Å². The molecule has 0 bridgehead atoms. The molecular formula is C29H29F3O2. The van der Waals surface area contributed by atoms with Gasteiger partial charge in [-0.25, -0.2) is 13.2 Å². The molecule has 2 aromatic rings. The molecule has 1 N–H and O–H groups in total. The van der Waals surface area contributed by atoms with E-state index in [0.717, 1.165) is 5.56 Å². The van der Waals surface area contributed by atoms with Gasteiger partial charge in [-0.1, -0.05) is 48.3 Å². The first-order valence-corrected chi connectivity index (χ1v) is 11.9. The number of hydrogen-bond donors (Lipinski definition) is 1. The molecule has 0 amide bonds. The van der Waals surface area contributed by atoms with Crippen LogP contribution < -0.4 is 0 Å². The fourth-order valence-corrected chi connectivity index (χ4v) is 4.63. The van der Waals surface area contributed by atoms with Gasteiger partial charge in [0.1, 0.15) is 5.82 Å². The van der Waals surface area contributed by atoms with E-state index in [1.54, 1.807) is 18.2 Å². The molecule has 0 radical (unpaired) electrons. The van der Waals surface area contributed by atoms with Crippen molar-refractivity contribution in [2.75, 3.05) is 6.61 Å². The molecule has 2 aromatic carbocycles. The van der Waals surface area contributed by atoms with Crippen molar-refractivity contribution < 1.29 is 23.0 Å². The quantitative estimate of drug-likeness (QED) is 0.498. The van der Waals surface area contributed by atoms with Crippen LogP contribution in [0.5, 0.6) is 0 Å². The molecule has 2 aliphatic rings. The van der Waals surface area contributed by atoms with Crippen LogP contribution in [-0.2, 0) is 11.3 Å². The molecule has 34 heavy (non-hydrogen) atoms. The molecular weight excluding hydrogens is 437 g/mol. The number of aliphatic hydroxyl groups is 1. The van der Waals surface area contributed by atoms with Gasteiger partial charge >= 0.3 is 0 Å². The van der Waals surface area contributed by atoms with Gasteiger partial charge in [0.15, 0.2) is 11.6 Å². The largest absolute Gasteiger partial charge is 0.393 e. The number of rotatable bonds is 5. The molecule has 4 rings (SSSR count). The van der Waals surface area contributed by atoms with E-state index in [0.29, 0.717) is 62.0 Å². The molecule has 5 heteroatoms. The number of aliphatic hydroxyl groups excluding tert-OH is 1. The molecule has 0 aliphatic heterocycles. The molecule has 178 valence electrons. The highest BCUT2D eigenvalue weighted by Gasteiger charge is 2.25. The predicted octanol–water partition coefficient (Wildman–Crippen LogP) is 6.68. The Balaban J connectivity index is 1.43. The lowest BCUT2D eigenvalue weighted by molar-refractivity contribution is 0.122. The third-order valence-corrected chi connectivity index (χ3v) is 6.63. The maximum atomic E-state index is 14.7. The van der Waals surface area contributed by atoms with Gasteiger partial charge < -0.3 is 9.84 Å². The van der Waals surface area contributed by atoms with Crippen LogP contribution in [-0.4, -0.2) is 17.8 Å². The summed E-state index contributed by atoms with van der Waals surface area (Å²) in [4.78, 5) is 0. The zero-order valence-electron chi connectivity index (χ0n) is 19.3. The summed E-state index contributed by atoms with van der Waals surface area (Å²) in [6.45, 7) is 2.86. The zero-order valence-corrected chi connectivity index (χ0v) is 19.3. The van der Waals surface area contributed by atoms with Crippen LogP contribution in [0.25, 0.3) is 0 Å². The molecule has 0 aromatic heterocycles. The minimum atomic E-state index is -0.927. The van der Waals surface area contributed by atoms with Crippen molar-refractivity contribution in [3.63, 3.8) is 0 Å². The number of halogens is 3. The summed E-state index contributed by atoms with van der Waals surface area (Å²) in [5.74, 6) is 3.43. The van der Waals surface area contributed by atoms with E-state index in [2.05, 4.69) is 11.8 Å². The van der Waals surface area contributed by atoms with Crippen molar-refractivity contribution in [1.82, 2.24) is 0 Å². The molecule has 1 atom stereocenters. The number of ether oxygens (including phenoxy) is 1. The fourth-order valence-electron chi connectivity index (χ4n) is 4.63. The second-order valence-electron chi connectivity index (χ2n) is 8.94. The predicted molar refractivity (Wildman–Crippen MR) is 127 cm³/mol. The van der Waals surface area contributed by atoms with Crippen molar-refractivity contribution in [1.29, 1.82) is 0 Å². The van der Waals surface area contributed by atoms with E-state index in [1.165, 1.54) is 12.1 Å². The van der Waals surface area contributed by atoms with Crippen LogP contribution >= 0.6 is 0 Å². The summed E-state index contributed by atoms with van der Waals surface area (Å²) < 4.78 is 49.3. The first-order valence-electron chi connectivity index (χ1n) is 11.9. The van der Waals surface area contributed by atoms with E-state index in [4.69, 9.17) is 4.74 Å². The van der Waals surface area contributed by atoms with E-state index < -0.39 is 11.6 Å². The normalized spacial score (nSPS) is 22.1. The lowest BCUT2D eigenvalue weighted by atomic mass is 9.82. The SMILES string of the molecule is CCOCc1ccc(C2C=CC(C#Cc3ccc(C4CCC(O)CC4)c(F)c3F)=CC2)c(F)c1. The van der Waals surface area contributed by atoms with Crippen LogP contribution in [0.15, 0.2) is 54.1 Å². The first kappa shape index (κ1) is 24.3. The summed E-state index contributed by atoms with van der Waals surface area (Å²) in [5, 5.41) is 9.65. The molecule has 1 fully saturated rings. The Morgan fingerprint density at radius 2 is 1.74 bits per heavy atom. The van der Waals surface area contributed by atoms with E-state index in [-0.39, 0.29) is 29.3 Å². The minimum absolute atomic E-state index is 0.0180. The summed E-state index contributed by atoms with van der Waals surface area (Å²) in [5.41, 5.74) is 2.48. The summed E-state index contributed by atoms with van der Waals surface area (Å²) in [6.07, 6.45) is 8.32. The third kappa shape index (κ3) is 5.63. The lowest BCUT2D eigenvalue weighted by Gasteiger charge is -2.26. The number of hydrogen-bond acceptors (Lipinski definition) is 2. The monoisotopic (exact) mass is 466 g/mol. The standard InChI is InChI=1S/C29H29F3O2/c1-2-34-18-20-6-15-25(27(30)17-20)21-7-3-19(4-8-21)5-9-23-12-16-26(29(32)28(23)31)22-10-13-24(33)14-11-22/h3-4,6-7,12,15-17,21-22,24,33H,2,8,10-11,13-14,18H2,1H3. The van der Waals surface area contributed by atoms with Crippen LogP contribution in [0.3, 0.4) is 0 Å². The molecule has 2 aliphatic carbocycles. The smallest absolute Gasteiger partial charge is 0.174 e. The van der Waals surface area contributed by atoms with Crippen molar-refractivity contribution in [2.45, 2.75) is 63.6 Å². The van der Waals surface area contributed by atoms with Gasteiger partial charge in [-0.05, 0) is 73.8 Å². The van der Waals surface area contributed by atoms with Crippen LogP contribution in [0.4, 0.5) is 13.2 Å². The van der Waals surface area contributed by atoms with Crippen LogP contribution in [0.2, 0.25) is 0 Å². The lowest BCUT2D eigenvalue weighted by Crippen LogP contribution is -2.18. The van der Waals surface area contributed by atoms with Crippen LogP contribution in [0, 0.1) is 29.3 Å². The third-order valence-electron chi connectivity index (χ3n) is 6.63. The number of allylic oxidation sites excluding steroid dienone is 4. The molecule has 1 saturated carbocycles. The average Bonchev–Trinajstić information content (AvgIpc) is 2.85.